The number of nitrogens with two attached hydrogens (primary N) is 1. The number of ether oxygens (including phenoxy) is 1. The van der Waals surface area contributed by atoms with E-state index in [4.69, 9.17) is 5.73 Å². The molecule has 17 heavy (non-hydrogen) atoms. The highest BCUT2D eigenvalue weighted by atomic mass is 16.5. The molecule has 0 aliphatic heterocycles. The number of carbonyl (C=O) groups is 2. The van der Waals surface area contributed by atoms with Crippen molar-refractivity contribution in [1.82, 2.24) is 5.32 Å². The molecule has 2 atom stereocenters. The van der Waals surface area contributed by atoms with Crippen molar-refractivity contribution >= 4 is 11.9 Å². The van der Waals surface area contributed by atoms with Crippen molar-refractivity contribution in [2.24, 2.45) is 17.6 Å². The van der Waals surface area contributed by atoms with Crippen LogP contribution < -0.4 is 11.1 Å². The number of methoxy groups -OCH3 is 1. The predicted octanol–water partition coefficient (Wildman–Crippen LogP) is 0.674. The lowest BCUT2D eigenvalue weighted by molar-refractivity contribution is -0.146. The summed E-state index contributed by atoms with van der Waals surface area (Å²) in [5.74, 6) is -0.417. The zero-order valence-corrected chi connectivity index (χ0v) is 11.3. The summed E-state index contributed by atoms with van der Waals surface area (Å²) in [7, 11) is 1.31. The van der Waals surface area contributed by atoms with Gasteiger partial charge in [0.1, 0.15) is 6.04 Å². The van der Waals surface area contributed by atoms with Crippen LogP contribution in [0.2, 0.25) is 0 Å². The molecule has 0 rings (SSSR count). The van der Waals surface area contributed by atoms with E-state index in [9.17, 15) is 9.59 Å². The van der Waals surface area contributed by atoms with Crippen LogP contribution in [0.1, 0.15) is 34.1 Å². The van der Waals surface area contributed by atoms with Gasteiger partial charge in [0.2, 0.25) is 5.91 Å². The van der Waals surface area contributed by atoms with Gasteiger partial charge in [0.25, 0.3) is 0 Å². The molecule has 0 aromatic carbocycles. The fourth-order valence-electron chi connectivity index (χ4n) is 1.31. The zero-order chi connectivity index (χ0) is 13.6. The first-order chi connectivity index (χ1) is 7.79. The Morgan fingerprint density at radius 2 is 1.71 bits per heavy atom. The Kier molecular flexibility index (Phi) is 6.80. The lowest BCUT2D eigenvalue weighted by Gasteiger charge is -2.21. The van der Waals surface area contributed by atoms with E-state index >= 15 is 0 Å². The Hall–Kier alpha value is -1.10. The molecular formula is C12H24N2O3. The average molecular weight is 244 g/mol. The van der Waals surface area contributed by atoms with Gasteiger partial charge in [-0.2, -0.15) is 0 Å². The van der Waals surface area contributed by atoms with Crippen molar-refractivity contribution in [2.75, 3.05) is 7.11 Å². The Balaban J connectivity index is 4.37. The third-order valence-electron chi connectivity index (χ3n) is 2.72. The Labute approximate surface area is 103 Å². The minimum Gasteiger partial charge on any atom is -0.467 e. The Bertz CT molecular complexity index is 264. The van der Waals surface area contributed by atoms with Crippen molar-refractivity contribution < 1.29 is 14.3 Å². The van der Waals surface area contributed by atoms with E-state index in [1.807, 2.05) is 27.7 Å². The maximum absolute atomic E-state index is 11.7. The van der Waals surface area contributed by atoms with Gasteiger partial charge in [-0.15, -0.1) is 0 Å². The SMILES string of the molecule is COC(=O)C(NC(=O)CC(N)C(C)C)C(C)C. The number of hydrogen-bond donors (Lipinski definition) is 2. The number of hydrogen-bond acceptors (Lipinski definition) is 4. The molecular weight excluding hydrogens is 220 g/mol. The fraction of sp³-hybridized carbons (Fsp3) is 0.833. The standard InChI is InChI=1S/C12H24N2O3/c1-7(2)9(13)6-10(15)14-11(8(3)4)12(16)17-5/h7-9,11H,6,13H2,1-5H3,(H,14,15). The molecule has 100 valence electrons. The van der Waals surface area contributed by atoms with Gasteiger partial charge in [0, 0.05) is 12.5 Å². The minimum atomic E-state index is -0.605. The van der Waals surface area contributed by atoms with Crippen molar-refractivity contribution in [2.45, 2.75) is 46.2 Å². The van der Waals surface area contributed by atoms with E-state index in [2.05, 4.69) is 10.1 Å². The first kappa shape index (κ1) is 15.9. The Morgan fingerprint density at radius 1 is 1.18 bits per heavy atom. The van der Waals surface area contributed by atoms with Gasteiger partial charge in [-0.25, -0.2) is 4.79 Å². The predicted molar refractivity (Wildman–Crippen MR) is 66.2 cm³/mol. The molecule has 0 aromatic rings. The van der Waals surface area contributed by atoms with Gasteiger partial charge in [-0.1, -0.05) is 27.7 Å². The summed E-state index contributed by atoms with van der Waals surface area (Å²) in [6, 6.07) is -0.799. The van der Waals surface area contributed by atoms with Crippen LogP contribution in [0.4, 0.5) is 0 Å². The molecule has 0 aromatic heterocycles. The second-order valence-corrected chi connectivity index (χ2v) is 4.92. The van der Waals surface area contributed by atoms with Gasteiger partial charge >= 0.3 is 5.97 Å². The summed E-state index contributed by atoms with van der Waals surface area (Å²) in [6.45, 7) is 7.62. The Morgan fingerprint density at radius 3 is 2.06 bits per heavy atom. The first-order valence-corrected chi connectivity index (χ1v) is 5.92. The monoisotopic (exact) mass is 244 g/mol. The van der Waals surface area contributed by atoms with Crippen LogP contribution in [0.25, 0.3) is 0 Å². The molecule has 0 heterocycles. The van der Waals surface area contributed by atoms with Crippen LogP contribution in [0, 0.1) is 11.8 Å². The highest BCUT2D eigenvalue weighted by molar-refractivity contribution is 5.84. The van der Waals surface area contributed by atoms with Gasteiger partial charge in [-0.3, -0.25) is 4.79 Å². The van der Waals surface area contributed by atoms with Crippen molar-refractivity contribution in [3.8, 4) is 0 Å². The average Bonchev–Trinajstić information content (AvgIpc) is 2.24. The van der Waals surface area contributed by atoms with E-state index in [0.29, 0.717) is 0 Å². The van der Waals surface area contributed by atoms with Gasteiger partial charge in [0.05, 0.1) is 7.11 Å². The molecule has 0 aliphatic carbocycles. The van der Waals surface area contributed by atoms with Crippen LogP contribution in [0.15, 0.2) is 0 Å². The quantitative estimate of drug-likeness (QED) is 0.673. The van der Waals surface area contributed by atoms with Crippen LogP contribution in [-0.2, 0) is 14.3 Å². The van der Waals surface area contributed by atoms with E-state index in [0.717, 1.165) is 0 Å². The number of amides is 1. The van der Waals surface area contributed by atoms with Crippen LogP contribution >= 0.6 is 0 Å². The summed E-state index contributed by atoms with van der Waals surface area (Å²) >= 11 is 0. The summed E-state index contributed by atoms with van der Waals surface area (Å²) in [5.41, 5.74) is 5.80. The second-order valence-electron chi connectivity index (χ2n) is 4.92. The lowest BCUT2D eigenvalue weighted by Crippen LogP contribution is -2.46. The number of esters is 1. The van der Waals surface area contributed by atoms with Crippen molar-refractivity contribution in [3.05, 3.63) is 0 Å². The first-order valence-electron chi connectivity index (χ1n) is 5.92. The maximum Gasteiger partial charge on any atom is 0.328 e. The minimum absolute atomic E-state index is 0.0123. The molecule has 0 saturated heterocycles. The van der Waals surface area contributed by atoms with Crippen LogP contribution in [0.3, 0.4) is 0 Å². The van der Waals surface area contributed by atoms with E-state index in [-0.39, 0.29) is 30.2 Å². The fourth-order valence-corrected chi connectivity index (χ4v) is 1.31. The largest absolute Gasteiger partial charge is 0.467 e. The van der Waals surface area contributed by atoms with Crippen LogP contribution in [0.5, 0.6) is 0 Å². The van der Waals surface area contributed by atoms with Crippen molar-refractivity contribution in [3.63, 3.8) is 0 Å². The topological polar surface area (TPSA) is 81.4 Å². The van der Waals surface area contributed by atoms with E-state index in [1.54, 1.807) is 0 Å². The van der Waals surface area contributed by atoms with Gasteiger partial charge in [0.15, 0.2) is 0 Å². The smallest absolute Gasteiger partial charge is 0.328 e. The molecule has 0 saturated carbocycles. The van der Waals surface area contributed by atoms with E-state index < -0.39 is 12.0 Å². The molecule has 3 N–H and O–H groups in total. The normalized spacial score (nSPS) is 14.6. The second kappa shape index (κ2) is 7.27. The summed E-state index contributed by atoms with van der Waals surface area (Å²) in [5, 5.41) is 2.66. The van der Waals surface area contributed by atoms with Crippen LogP contribution in [-0.4, -0.2) is 31.1 Å². The maximum atomic E-state index is 11.7. The highest BCUT2D eigenvalue weighted by Gasteiger charge is 2.25. The van der Waals surface area contributed by atoms with E-state index in [1.165, 1.54) is 7.11 Å². The van der Waals surface area contributed by atoms with Gasteiger partial charge in [-0.05, 0) is 11.8 Å². The summed E-state index contributed by atoms with van der Waals surface area (Å²) in [6.07, 6.45) is 0.220. The molecule has 2 unspecified atom stereocenters. The lowest BCUT2D eigenvalue weighted by atomic mass is 10.0. The molecule has 1 amide bonds. The summed E-state index contributed by atoms with van der Waals surface area (Å²) in [4.78, 5) is 23.1. The molecule has 5 nitrogen and oxygen atoms in total. The van der Waals surface area contributed by atoms with Crippen molar-refractivity contribution in [1.29, 1.82) is 0 Å². The molecule has 0 spiro atoms. The molecule has 0 aliphatic rings. The molecule has 0 radical (unpaired) electrons. The molecule has 5 heteroatoms. The third kappa shape index (κ3) is 5.68. The number of nitrogens with one attached hydrogen (secondary N) is 1. The number of carbonyl (C=O) groups excluding carboxylic acids is 2. The number of rotatable bonds is 6. The van der Waals surface area contributed by atoms with Gasteiger partial charge < -0.3 is 15.8 Å². The highest BCUT2D eigenvalue weighted by Crippen LogP contribution is 2.06. The third-order valence-corrected chi connectivity index (χ3v) is 2.72. The summed E-state index contributed by atoms with van der Waals surface area (Å²) < 4.78 is 4.64. The molecule has 0 fully saturated rings. The molecule has 0 bridgehead atoms. The zero-order valence-electron chi connectivity index (χ0n) is 11.3.